The van der Waals surface area contributed by atoms with E-state index in [0.717, 1.165) is 10.0 Å². The number of benzene rings is 2. The second kappa shape index (κ2) is 10.0. The average molecular weight is 492 g/mol. The van der Waals surface area contributed by atoms with Crippen LogP contribution in [0.5, 0.6) is 5.75 Å². The largest absolute Gasteiger partial charge is 0.481 e. The molecule has 1 amide bonds. The first-order valence-electron chi connectivity index (χ1n) is 8.85. The van der Waals surface area contributed by atoms with Crippen molar-refractivity contribution in [2.45, 2.75) is 13.5 Å². The first kappa shape index (κ1) is 21.5. The lowest BCUT2D eigenvalue weighted by atomic mass is 10.1. The van der Waals surface area contributed by atoms with Crippen molar-refractivity contribution in [2.75, 3.05) is 13.2 Å². The Morgan fingerprint density at radius 2 is 2.00 bits per heavy atom. The number of halogens is 1. The molecule has 2 aromatic rings. The number of esters is 1. The summed E-state index contributed by atoms with van der Waals surface area (Å²) in [5, 5.41) is 0. The number of nitrogens with zero attached hydrogens (tertiary/aromatic N) is 1. The summed E-state index contributed by atoms with van der Waals surface area (Å²) in [5.74, 6) is -0.120. The highest BCUT2D eigenvalue weighted by Gasteiger charge is 2.32. The van der Waals surface area contributed by atoms with Crippen LogP contribution in [-0.4, -0.2) is 34.3 Å². The van der Waals surface area contributed by atoms with E-state index in [0.29, 0.717) is 33.7 Å². The van der Waals surface area contributed by atoms with E-state index in [1.165, 1.54) is 11.8 Å². The first-order valence-corrected chi connectivity index (χ1v) is 10.9. The van der Waals surface area contributed by atoms with Crippen molar-refractivity contribution in [3.63, 3.8) is 0 Å². The van der Waals surface area contributed by atoms with Gasteiger partial charge in [0, 0.05) is 10.0 Å². The van der Waals surface area contributed by atoms with Gasteiger partial charge in [0.15, 0.2) is 6.61 Å². The molecule has 0 aromatic heterocycles. The van der Waals surface area contributed by atoms with Crippen LogP contribution >= 0.6 is 39.9 Å². The minimum atomic E-state index is -0.449. The Morgan fingerprint density at radius 1 is 1.24 bits per heavy atom. The van der Waals surface area contributed by atoms with Crippen LogP contribution in [0.1, 0.15) is 18.1 Å². The van der Waals surface area contributed by atoms with E-state index < -0.39 is 5.97 Å². The van der Waals surface area contributed by atoms with E-state index in [-0.39, 0.29) is 12.5 Å². The molecule has 2 aromatic carbocycles. The van der Waals surface area contributed by atoms with Gasteiger partial charge in [-0.1, -0.05) is 70.2 Å². The molecule has 0 aliphatic carbocycles. The molecule has 1 saturated heterocycles. The molecular weight excluding hydrogens is 474 g/mol. The van der Waals surface area contributed by atoms with Crippen molar-refractivity contribution >= 4 is 62.2 Å². The quantitative estimate of drug-likeness (QED) is 0.315. The lowest BCUT2D eigenvalue weighted by Crippen LogP contribution is -2.27. The monoisotopic (exact) mass is 491 g/mol. The van der Waals surface area contributed by atoms with Gasteiger partial charge in [0.05, 0.1) is 18.1 Å². The van der Waals surface area contributed by atoms with Gasteiger partial charge in [0.1, 0.15) is 10.1 Å². The van der Waals surface area contributed by atoms with E-state index in [2.05, 4.69) is 15.9 Å². The van der Waals surface area contributed by atoms with Gasteiger partial charge in [-0.25, -0.2) is 4.79 Å². The maximum atomic E-state index is 12.9. The van der Waals surface area contributed by atoms with Gasteiger partial charge in [-0.15, -0.1) is 0 Å². The van der Waals surface area contributed by atoms with Gasteiger partial charge in [-0.3, -0.25) is 9.69 Å². The van der Waals surface area contributed by atoms with Gasteiger partial charge in [-0.2, -0.15) is 0 Å². The van der Waals surface area contributed by atoms with Crippen LogP contribution in [-0.2, 0) is 20.9 Å². The molecule has 0 N–H and O–H groups in total. The van der Waals surface area contributed by atoms with E-state index in [1.54, 1.807) is 30.0 Å². The van der Waals surface area contributed by atoms with Crippen LogP contribution < -0.4 is 4.74 Å². The Balaban J connectivity index is 1.80. The molecule has 0 spiro atoms. The highest BCUT2D eigenvalue weighted by Crippen LogP contribution is 2.35. The smallest absolute Gasteiger partial charge is 0.344 e. The Kier molecular flexibility index (Phi) is 7.46. The van der Waals surface area contributed by atoms with E-state index in [4.69, 9.17) is 21.7 Å². The zero-order valence-electron chi connectivity index (χ0n) is 15.6. The number of thiocarbonyl (C=S) groups is 1. The van der Waals surface area contributed by atoms with Crippen LogP contribution in [0.25, 0.3) is 6.08 Å². The average Bonchev–Trinajstić information content (AvgIpc) is 2.96. The zero-order valence-corrected chi connectivity index (χ0v) is 18.8. The Morgan fingerprint density at radius 3 is 2.72 bits per heavy atom. The number of hydrogen-bond donors (Lipinski definition) is 0. The third-order valence-electron chi connectivity index (χ3n) is 3.97. The minimum Gasteiger partial charge on any atom is -0.481 e. The fourth-order valence-electron chi connectivity index (χ4n) is 2.65. The highest BCUT2D eigenvalue weighted by molar-refractivity contribution is 9.10. The summed E-state index contributed by atoms with van der Waals surface area (Å²) < 4.78 is 11.8. The molecule has 3 rings (SSSR count). The molecule has 0 saturated carbocycles. The third-order valence-corrected chi connectivity index (χ3v) is 5.84. The summed E-state index contributed by atoms with van der Waals surface area (Å²) in [7, 11) is 0. The van der Waals surface area contributed by atoms with Crippen LogP contribution in [0.15, 0.2) is 57.9 Å². The molecule has 8 heteroatoms. The zero-order chi connectivity index (χ0) is 20.8. The molecule has 0 radical (unpaired) electrons. The topological polar surface area (TPSA) is 55.8 Å². The van der Waals surface area contributed by atoms with Gasteiger partial charge < -0.3 is 9.47 Å². The summed E-state index contributed by atoms with van der Waals surface area (Å²) in [6.07, 6.45) is 1.73. The van der Waals surface area contributed by atoms with Crippen LogP contribution in [0.4, 0.5) is 0 Å². The van der Waals surface area contributed by atoms with Crippen molar-refractivity contribution in [1.82, 2.24) is 4.90 Å². The first-order chi connectivity index (χ1) is 14.0. The summed E-state index contributed by atoms with van der Waals surface area (Å²) in [6, 6.07) is 15.1. The van der Waals surface area contributed by atoms with Crippen LogP contribution in [0, 0.1) is 0 Å². The number of thioether (sulfide) groups is 1. The molecule has 0 bridgehead atoms. The Labute approximate surface area is 187 Å². The van der Waals surface area contributed by atoms with Gasteiger partial charge in [0.25, 0.3) is 5.91 Å². The predicted molar refractivity (Wildman–Crippen MR) is 121 cm³/mol. The Bertz CT molecular complexity index is 962. The summed E-state index contributed by atoms with van der Waals surface area (Å²) >= 11 is 10.1. The van der Waals surface area contributed by atoms with E-state index in [9.17, 15) is 9.59 Å². The van der Waals surface area contributed by atoms with E-state index >= 15 is 0 Å². The fourth-order valence-corrected chi connectivity index (χ4v) is 4.27. The molecule has 1 heterocycles. The molecule has 1 aliphatic rings. The molecule has 1 fully saturated rings. The van der Waals surface area contributed by atoms with Crippen molar-refractivity contribution in [3.05, 3.63) is 69.0 Å². The number of hydrogen-bond acceptors (Lipinski definition) is 6. The highest BCUT2D eigenvalue weighted by atomic mass is 79.9. The van der Waals surface area contributed by atoms with Gasteiger partial charge >= 0.3 is 5.97 Å². The fraction of sp³-hybridized carbons (Fsp3) is 0.190. The van der Waals surface area contributed by atoms with Crippen LogP contribution in [0.2, 0.25) is 0 Å². The van der Waals surface area contributed by atoms with Crippen molar-refractivity contribution in [3.8, 4) is 5.75 Å². The molecule has 1 aliphatic heterocycles. The molecule has 5 nitrogen and oxygen atoms in total. The van der Waals surface area contributed by atoms with Crippen molar-refractivity contribution in [2.24, 2.45) is 0 Å². The summed E-state index contributed by atoms with van der Waals surface area (Å²) in [4.78, 5) is 26.6. The number of ether oxygens (including phenoxy) is 2. The van der Waals surface area contributed by atoms with Crippen LogP contribution in [0.3, 0.4) is 0 Å². The minimum absolute atomic E-state index is 0.153. The second-order valence-corrected chi connectivity index (χ2v) is 8.62. The second-order valence-electron chi connectivity index (χ2n) is 6.03. The maximum Gasteiger partial charge on any atom is 0.344 e. The molecule has 29 heavy (non-hydrogen) atoms. The van der Waals surface area contributed by atoms with Crippen molar-refractivity contribution < 1.29 is 19.1 Å². The predicted octanol–water partition coefficient (Wildman–Crippen LogP) is 4.79. The van der Waals surface area contributed by atoms with E-state index in [1.807, 2.05) is 36.4 Å². The third kappa shape index (κ3) is 5.68. The number of amides is 1. The normalized spacial score (nSPS) is 15.1. The summed E-state index contributed by atoms with van der Waals surface area (Å²) in [5.41, 5.74) is 1.68. The molecule has 0 unspecified atom stereocenters. The Hall–Kier alpha value is -2.16. The number of rotatable bonds is 7. The molecule has 0 atom stereocenters. The lowest BCUT2D eigenvalue weighted by molar-refractivity contribution is -0.145. The standard InChI is InChI=1S/C21H18BrNO4S2/c1-2-26-19(24)13-27-17-9-8-16(22)10-15(17)11-18-20(25)23(21(28)29-18)12-14-6-4-3-5-7-14/h3-11H,2,12-13H2,1H3/b18-11-. The SMILES string of the molecule is CCOC(=O)COc1ccc(Br)cc1/C=C1\SC(=S)N(Cc2ccccc2)C1=O. The summed E-state index contributed by atoms with van der Waals surface area (Å²) in [6.45, 7) is 2.25. The van der Waals surface area contributed by atoms with Crippen molar-refractivity contribution in [1.29, 1.82) is 0 Å². The van der Waals surface area contributed by atoms with Gasteiger partial charge in [-0.05, 0) is 36.8 Å². The number of carbonyl (C=O) groups is 2. The lowest BCUT2D eigenvalue weighted by Gasteiger charge is -2.14. The maximum absolute atomic E-state index is 12.9. The van der Waals surface area contributed by atoms with Gasteiger partial charge in [0.2, 0.25) is 0 Å². The molecular formula is C21H18BrNO4S2. The molecule has 150 valence electrons. The number of carbonyl (C=O) groups excluding carboxylic acids is 2.